The number of hydrogen-bond donors (Lipinski definition) is 1. The number of hydrogen-bond acceptors (Lipinski definition) is 5. The van der Waals surface area contributed by atoms with E-state index in [1.165, 1.54) is 22.5 Å². The summed E-state index contributed by atoms with van der Waals surface area (Å²) < 4.78 is 37.8. The maximum absolute atomic E-state index is 13.0. The highest BCUT2D eigenvalue weighted by Crippen LogP contribution is 2.28. The van der Waals surface area contributed by atoms with Gasteiger partial charge in [0.05, 0.1) is 29.8 Å². The number of carboxylic acids is 1. The Kier molecular flexibility index (Phi) is 6.14. The van der Waals surface area contributed by atoms with Gasteiger partial charge in [0.15, 0.2) is 0 Å². The number of methoxy groups -OCH3 is 1. The summed E-state index contributed by atoms with van der Waals surface area (Å²) in [5.41, 5.74) is 2.16. The summed E-state index contributed by atoms with van der Waals surface area (Å²) in [7, 11) is -2.18. The fourth-order valence-corrected chi connectivity index (χ4v) is 4.54. The van der Waals surface area contributed by atoms with E-state index in [-0.39, 0.29) is 29.7 Å². The van der Waals surface area contributed by atoms with Crippen LogP contribution < -0.4 is 0 Å². The molecule has 1 atom stereocenters. The minimum atomic E-state index is -3.80. The molecular weight excluding hydrogens is 382 g/mol. The van der Waals surface area contributed by atoms with Gasteiger partial charge in [-0.15, -0.1) is 0 Å². The number of carbonyl (C=O) groups is 1. The van der Waals surface area contributed by atoms with E-state index in [1.807, 2.05) is 31.2 Å². The molecule has 0 aliphatic carbocycles. The van der Waals surface area contributed by atoms with Crippen molar-refractivity contribution in [1.29, 1.82) is 0 Å². The Morgan fingerprint density at radius 2 is 1.75 bits per heavy atom. The minimum absolute atomic E-state index is 0.0290. The summed E-state index contributed by atoms with van der Waals surface area (Å²) in [6.45, 7) is 3.07. The van der Waals surface area contributed by atoms with Crippen LogP contribution in [-0.2, 0) is 19.5 Å². The molecule has 1 aliphatic rings. The molecule has 2 aromatic rings. The normalized spacial score (nSPS) is 16.6. The van der Waals surface area contributed by atoms with Crippen LogP contribution in [0.2, 0.25) is 0 Å². The molecule has 0 bridgehead atoms. The van der Waals surface area contributed by atoms with Crippen LogP contribution in [0.25, 0.3) is 11.1 Å². The third kappa shape index (κ3) is 4.25. The molecule has 0 radical (unpaired) electrons. The molecule has 1 N–H and O–H groups in total. The summed E-state index contributed by atoms with van der Waals surface area (Å²) in [4.78, 5) is 11.5. The number of benzene rings is 2. The van der Waals surface area contributed by atoms with Crippen molar-refractivity contribution in [2.45, 2.75) is 17.9 Å². The molecule has 2 aromatic carbocycles. The van der Waals surface area contributed by atoms with Crippen molar-refractivity contribution in [3.8, 4) is 11.1 Å². The van der Waals surface area contributed by atoms with E-state index < -0.39 is 16.0 Å². The molecule has 0 aromatic heterocycles. The van der Waals surface area contributed by atoms with E-state index in [4.69, 9.17) is 9.47 Å². The topological polar surface area (TPSA) is 93.1 Å². The average molecular weight is 405 g/mol. The van der Waals surface area contributed by atoms with Gasteiger partial charge in [0.25, 0.3) is 0 Å². The number of sulfonamides is 1. The second-order valence-electron chi connectivity index (χ2n) is 6.57. The number of morpholine rings is 1. The standard InChI is InChI=1S/C20H23NO6S/c1-14(26-2)15-3-5-16(6-4-15)17-11-18(20(22)23)13-19(12-17)28(24,25)21-7-9-27-10-8-21/h3-6,11-14H,7-10H2,1-2H3,(H,22,23). The highest BCUT2D eigenvalue weighted by molar-refractivity contribution is 7.89. The highest BCUT2D eigenvalue weighted by Gasteiger charge is 2.27. The molecule has 0 saturated carbocycles. The summed E-state index contributed by atoms with van der Waals surface area (Å²) in [5.74, 6) is -1.18. The third-order valence-corrected chi connectivity index (χ3v) is 6.70. The second-order valence-corrected chi connectivity index (χ2v) is 8.51. The Morgan fingerprint density at radius 1 is 1.11 bits per heavy atom. The first-order valence-electron chi connectivity index (χ1n) is 8.92. The Bertz CT molecular complexity index is 949. The van der Waals surface area contributed by atoms with Gasteiger partial charge in [0, 0.05) is 20.2 Å². The van der Waals surface area contributed by atoms with Crippen molar-refractivity contribution in [3.63, 3.8) is 0 Å². The van der Waals surface area contributed by atoms with Gasteiger partial charge >= 0.3 is 5.97 Å². The van der Waals surface area contributed by atoms with Gasteiger partial charge < -0.3 is 14.6 Å². The molecule has 1 saturated heterocycles. The summed E-state index contributed by atoms with van der Waals surface area (Å²) in [6.07, 6.45) is -0.0725. The van der Waals surface area contributed by atoms with Crippen molar-refractivity contribution >= 4 is 16.0 Å². The van der Waals surface area contributed by atoms with E-state index >= 15 is 0 Å². The molecule has 7 nitrogen and oxygen atoms in total. The van der Waals surface area contributed by atoms with Gasteiger partial charge in [0.1, 0.15) is 0 Å². The summed E-state index contributed by atoms with van der Waals surface area (Å²) >= 11 is 0. The number of rotatable bonds is 6. The number of ether oxygens (including phenoxy) is 2. The zero-order chi connectivity index (χ0) is 20.3. The van der Waals surface area contributed by atoms with Gasteiger partial charge in [-0.2, -0.15) is 4.31 Å². The monoisotopic (exact) mass is 405 g/mol. The van der Waals surface area contributed by atoms with Gasteiger partial charge in [-0.1, -0.05) is 24.3 Å². The van der Waals surface area contributed by atoms with Gasteiger partial charge in [-0.3, -0.25) is 0 Å². The predicted octanol–water partition coefficient (Wildman–Crippen LogP) is 2.78. The van der Waals surface area contributed by atoms with Crippen LogP contribution in [0.1, 0.15) is 28.9 Å². The van der Waals surface area contributed by atoms with Crippen LogP contribution in [0.4, 0.5) is 0 Å². The molecular formula is C20H23NO6S. The largest absolute Gasteiger partial charge is 0.478 e. The number of aromatic carboxylic acids is 1. The maximum Gasteiger partial charge on any atom is 0.335 e. The molecule has 1 heterocycles. The average Bonchev–Trinajstić information content (AvgIpc) is 2.73. The molecule has 1 fully saturated rings. The van der Waals surface area contributed by atoms with Crippen LogP contribution in [0.5, 0.6) is 0 Å². The van der Waals surface area contributed by atoms with Crippen molar-refractivity contribution < 1.29 is 27.8 Å². The Labute approximate surface area is 164 Å². The Hall–Kier alpha value is -2.26. The molecule has 1 unspecified atom stereocenters. The summed E-state index contributed by atoms with van der Waals surface area (Å²) in [6, 6.07) is 11.6. The van der Waals surface area contributed by atoms with Crippen LogP contribution in [-0.4, -0.2) is 57.2 Å². The first kappa shape index (κ1) is 20.5. The van der Waals surface area contributed by atoms with E-state index in [1.54, 1.807) is 7.11 Å². The van der Waals surface area contributed by atoms with E-state index in [9.17, 15) is 18.3 Å². The summed E-state index contributed by atoms with van der Waals surface area (Å²) in [5, 5.41) is 9.46. The van der Waals surface area contributed by atoms with Crippen LogP contribution in [0.15, 0.2) is 47.4 Å². The van der Waals surface area contributed by atoms with Crippen molar-refractivity contribution in [3.05, 3.63) is 53.6 Å². The fourth-order valence-electron chi connectivity index (χ4n) is 3.06. The first-order chi connectivity index (χ1) is 13.3. The van der Waals surface area contributed by atoms with Crippen LogP contribution >= 0.6 is 0 Å². The Morgan fingerprint density at radius 3 is 2.32 bits per heavy atom. The smallest absolute Gasteiger partial charge is 0.335 e. The second kappa shape index (κ2) is 8.40. The van der Waals surface area contributed by atoms with Crippen molar-refractivity contribution in [1.82, 2.24) is 4.31 Å². The lowest BCUT2D eigenvalue weighted by Gasteiger charge is -2.26. The molecule has 0 amide bonds. The lowest BCUT2D eigenvalue weighted by Crippen LogP contribution is -2.40. The van der Waals surface area contributed by atoms with Gasteiger partial charge in [0.2, 0.25) is 10.0 Å². The zero-order valence-corrected chi connectivity index (χ0v) is 16.6. The van der Waals surface area contributed by atoms with Crippen molar-refractivity contribution in [2.75, 3.05) is 33.4 Å². The number of nitrogens with zero attached hydrogens (tertiary/aromatic N) is 1. The number of carboxylic acid groups (broad SMARTS) is 1. The van der Waals surface area contributed by atoms with Gasteiger partial charge in [-0.05, 0) is 41.8 Å². The first-order valence-corrected chi connectivity index (χ1v) is 10.4. The lowest BCUT2D eigenvalue weighted by atomic mass is 10.0. The SMILES string of the molecule is COC(C)c1ccc(-c2cc(C(=O)O)cc(S(=O)(=O)N3CCOCC3)c2)cc1. The van der Waals surface area contributed by atoms with E-state index in [2.05, 4.69) is 0 Å². The molecule has 3 rings (SSSR count). The van der Waals surface area contributed by atoms with Crippen LogP contribution in [0.3, 0.4) is 0 Å². The maximum atomic E-state index is 13.0. The molecule has 1 aliphatic heterocycles. The van der Waals surface area contributed by atoms with E-state index in [0.29, 0.717) is 18.8 Å². The van der Waals surface area contributed by atoms with Crippen molar-refractivity contribution in [2.24, 2.45) is 0 Å². The third-order valence-electron chi connectivity index (χ3n) is 4.83. The quantitative estimate of drug-likeness (QED) is 0.794. The Balaban J connectivity index is 2.04. The molecule has 28 heavy (non-hydrogen) atoms. The molecule has 8 heteroatoms. The van der Waals surface area contributed by atoms with Crippen LogP contribution in [0, 0.1) is 0 Å². The molecule has 150 valence electrons. The van der Waals surface area contributed by atoms with Gasteiger partial charge in [-0.25, -0.2) is 13.2 Å². The predicted molar refractivity (Wildman–Crippen MR) is 104 cm³/mol. The zero-order valence-electron chi connectivity index (χ0n) is 15.8. The molecule has 0 spiro atoms. The minimum Gasteiger partial charge on any atom is -0.478 e. The fraction of sp³-hybridized carbons (Fsp3) is 0.350. The lowest BCUT2D eigenvalue weighted by molar-refractivity contribution is 0.0696. The van der Waals surface area contributed by atoms with E-state index in [0.717, 1.165) is 11.1 Å². The highest BCUT2D eigenvalue weighted by atomic mass is 32.2.